The summed E-state index contributed by atoms with van der Waals surface area (Å²) >= 11 is 2.64. The van der Waals surface area contributed by atoms with Gasteiger partial charge in [-0.2, -0.15) is 0 Å². The van der Waals surface area contributed by atoms with Gasteiger partial charge in [-0.1, -0.05) is 75.5 Å². The van der Waals surface area contributed by atoms with E-state index < -0.39 is 0 Å². The van der Waals surface area contributed by atoms with Crippen LogP contribution in [0.5, 0.6) is 0 Å². The number of rotatable bonds is 9. The number of hydrogen-bond acceptors (Lipinski definition) is 1. The Morgan fingerprint density at radius 1 is 1.25 bits per heavy atom. The quantitative estimate of drug-likeness (QED) is 0.370. The topological polar surface area (TPSA) is 12.0 Å². The first-order valence-electron chi connectivity index (χ1n) is 7.10. The van der Waals surface area contributed by atoms with Crippen LogP contribution in [0.2, 0.25) is 0 Å². The minimum absolute atomic E-state index is 0.510. The smallest absolute Gasteiger partial charge is 0.0338 e. The van der Waals surface area contributed by atoms with E-state index in [-0.39, 0.29) is 0 Å². The van der Waals surface area contributed by atoms with Gasteiger partial charge in [0, 0.05) is 9.46 Å². The summed E-state index contributed by atoms with van der Waals surface area (Å²) in [6.45, 7) is 8.03. The Bertz CT molecular complexity index is 195. The molecule has 0 spiro atoms. The fraction of sp³-hybridized carbons (Fsp3) is 1.00. The molecule has 96 valence electrons. The van der Waals surface area contributed by atoms with Crippen LogP contribution in [0.3, 0.4) is 0 Å². The van der Waals surface area contributed by atoms with E-state index in [1.54, 1.807) is 0 Å². The van der Waals surface area contributed by atoms with Gasteiger partial charge in [0.2, 0.25) is 0 Å². The lowest BCUT2D eigenvalue weighted by Crippen LogP contribution is -2.40. The van der Waals surface area contributed by atoms with Gasteiger partial charge in [0.15, 0.2) is 0 Å². The fourth-order valence-electron chi connectivity index (χ4n) is 2.96. The van der Waals surface area contributed by atoms with Gasteiger partial charge in [0.1, 0.15) is 0 Å². The molecule has 0 bridgehead atoms. The summed E-state index contributed by atoms with van der Waals surface area (Å²) in [5.74, 6) is 0.909. The van der Waals surface area contributed by atoms with E-state index in [9.17, 15) is 0 Å². The average Bonchev–Trinajstić information content (AvgIpc) is 2.91. The predicted molar refractivity (Wildman–Crippen MR) is 81.4 cm³/mol. The van der Waals surface area contributed by atoms with Crippen molar-refractivity contribution in [2.24, 2.45) is 5.92 Å². The van der Waals surface area contributed by atoms with Crippen molar-refractivity contribution in [2.45, 2.75) is 75.2 Å². The lowest BCUT2D eigenvalue weighted by atomic mass is 9.88. The lowest BCUT2D eigenvalue weighted by Gasteiger charge is -2.27. The Hall–Kier alpha value is 0.690. The van der Waals surface area contributed by atoms with Crippen molar-refractivity contribution in [3.8, 4) is 0 Å². The molecule has 1 nitrogen and oxygen atoms in total. The van der Waals surface area contributed by atoms with Gasteiger partial charge >= 0.3 is 0 Å². The molecular formula is C14H28IN. The van der Waals surface area contributed by atoms with Gasteiger partial charge in [-0.3, -0.25) is 0 Å². The van der Waals surface area contributed by atoms with E-state index in [1.165, 1.54) is 44.9 Å². The van der Waals surface area contributed by atoms with Gasteiger partial charge in [-0.25, -0.2) is 0 Å². The SMILES string of the molecule is CCCCCCC(CC)C1(NCC)CC1I. The molecule has 0 aromatic heterocycles. The Balaban J connectivity index is 2.34. The zero-order valence-corrected chi connectivity index (χ0v) is 13.3. The summed E-state index contributed by atoms with van der Waals surface area (Å²) in [6.07, 6.45) is 9.81. The second-order valence-corrected chi connectivity index (χ2v) is 6.70. The zero-order chi connectivity index (χ0) is 12.0. The van der Waals surface area contributed by atoms with Crippen molar-refractivity contribution in [1.29, 1.82) is 0 Å². The first-order chi connectivity index (χ1) is 7.71. The molecule has 0 radical (unpaired) electrons. The van der Waals surface area contributed by atoms with Crippen LogP contribution in [0.15, 0.2) is 0 Å². The minimum Gasteiger partial charge on any atom is -0.310 e. The molecule has 2 heteroatoms. The van der Waals surface area contributed by atoms with Gasteiger partial charge in [0.25, 0.3) is 0 Å². The largest absolute Gasteiger partial charge is 0.310 e. The maximum absolute atomic E-state index is 3.77. The fourth-order valence-corrected chi connectivity index (χ4v) is 4.42. The Kier molecular flexibility index (Phi) is 6.63. The van der Waals surface area contributed by atoms with Crippen molar-refractivity contribution in [3.05, 3.63) is 0 Å². The Labute approximate surface area is 115 Å². The molecule has 3 unspecified atom stereocenters. The van der Waals surface area contributed by atoms with Crippen LogP contribution in [0.1, 0.15) is 65.7 Å². The molecule has 1 aliphatic rings. The molecule has 1 saturated carbocycles. The summed E-state index contributed by atoms with van der Waals surface area (Å²) < 4.78 is 0.876. The van der Waals surface area contributed by atoms with E-state index in [0.29, 0.717) is 5.54 Å². The zero-order valence-electron chi connectivity index (χ0n) is 11.2. The lowest BCUT2D eigenvalue weighted by molar-refractivity contribution is 0.303. The highest BCUT2D eigenvalue weighted by Gasteiger charge is 2.55. The monoisotopic (exact) mass is 337 g/mol. The molecule has 0 amide bonds. The number of nitrogens with one attached hydrogen (secondary N) is 1. The number of hydrogen-bond donors (Lipinski definition) is 1. The first kappa shape index (κ1) is 14.7. The van der Waals surface area contributed by atoms with Crippen molar-refractivity contribution in [2.75, 3.05) is 6.54 Å². The highest BCUT2D eigenvalue weighted by molar-refractivity contribution is 14.1. The van der Waals surface area contributed by atoms with Gasteiger partial charge in [-0.05, 0) is 25.3 Å². The van der Waals surface area contributed by atoms with Crippen LogP contribution < -0.4 is 5.32 Å². The highest BCUT2D eigenvalue weighted by Crippen LogP contribution is 2.51. The molecule has 1 aliphatic carbocycles. The molecule has 0 heterocycles. The molecule has 16 heavy (non-hydrogen) atoms. The van der Waals surface area contributed by atoms with Crippen LogP contribution in [-0.4, -0.2) is 16.0 Å². The Morgan fingerprint density at radius 2 is 1.94 bits per heavy atom. The van der Waals surface area contributed by atoms with Crippen molar-refractivity contribution in [1.82, 2.24) is 5.32 Å². The van der Waals surface area contributed by atoms with E-state index in [2.05, 4.69) is 48.7 Å². The van der Waals surface area contributed by atoms with Crippen LogP contribution >= 0.6 is 22.6 Å². The molecule has 3 atom stereocenters. The summed E-state index contributed by atoms with van der Waals surface area (Å²) in [5.41, 5.74) is 0.510. The third kappa shape index (κ3) is 3.59. The van der Waals surface area contributed by atoms with Gasteiger partial charge in [-0.15, -0.1) is 0 Å². The van der Waals surface area contributed by atoms with Crippen molar-refractivity contribution < 1.29 is 0 Å². The minimum atomic E-state index is 0.510. The second-order valence-electron chi connectivity index (χ2n) is 5.20. The second kappa shape index (κ2) is 7.20. The van der Waals surface area contributed by atoms with Crippen LogP contribution in [0, 0.1) is 5.92 Å². The molecular weight excluding hydrogens is 309 g/mol. The van der Waals surface area contributed by atoms with Crippen LogP contribution in [0.4, 0.5) is 0 Å². The summed E-state index contributed by atoms with van der Waals surface area (Å²) in [4.78, 5) is 0. The normalized spacial score (nSPS) is 30.4. The van der Waals surface area contributed by atoms with E-state index in [0.717, 1.165) is 16.4 Å². The third-order valence-corrected chi connectivity index (χ3v) is 5.60. The van der Waals surface area contributed by atoms with E-state index in [1.807, 2.05) is 0 Å². The summed E-state index contributed by atoms with van der Waals surface area (Å²) in [7, 11) is 0. The summed E-state index contributed by atoms with van der Waals surface area (Å²) in [5, 5.41) is 3.77. The molecule has 1 rings (SSSR count). The number of halogens is 1. The molecule has 0 aromatic rings. The summed E-state index contributed by atoms with van der Waals surface area (Å²) in [6, 6.07) is 0. The molecule has 1 N–H and O–H groups in total. The van der Waals surface area contributed by atoms with Crippen LogP contribution in [0.25, 0.3) is 0 Å². The van der Waals surface area contributed by atoms with E-state index in [4.69, 9.17) is 0 Å². The molecule has 0 aromatic carbocycles. The predicted octanol–water partition coefficient (Wildman–Crippen LogP) is 4.54. The third-order valence-electron chi connectivity index (χ3n) is 4.05. The van der Waals surface area contributed by atoms with E-state index >= 15 is 0 Å². The maximum Gasteiger partial charge on any atom is 0.0338 e. The molecule has 0 aliphatic heterocycles. The molecule has 0 saturated heterocycles. The maximum atomic E-state index is 3.77. The average molecular weight is 337 g/mol. The van der Waals surface area contributed by atoms with Gasteiger partial charge in [0.05, 0.1) is 0 Å². The number of alkyl halides is 1. The number of unbranched alkanes of at least 4 members (excludes halogenated alkanes) is 3. The highest BCUT2D eigenvalue weighted by atomic mass is 127. The van der Waals surface area contributed by atoms with Crippen molar-refractivity contribution in [3.63, 3.8) is 0 Å². The standard InChI is InChI=1S/C14H28IN/c1-4-7-8-9-10-12(5-2)14(16-6-3)11-13(14)15/h12-13,16H,4-11H2,1-3H3. The van der Waals surface area contributed by atoms with Gasteiger partial charge < -0.3 is 5.32 Å². The van der Waals surface area contributed by atoms with Crippen LogP contribution in [-0.2, 0) is 0 Å². The first-order valence-corrected chi connectivity index (χ1v) is 8.34. The van der Waals surface area contributed by atoms with Crippen molar-refractivity contribution >= 4 is 22.6 Å². The Morgan fingerprint density at radius 3 is 2.38 bits per heavy atom. The molecule has 1 fully saturated rings.